The highest BCUT2D eigenvalue weighted by Crippen LogP contribution is 2.38. The summed E-state index contributed by atoms with van der Waals surface area (Å²) in [7, 11) is 0. The molecule has 1 heterocycles. The van der Waals surface area contributed by atoms with E-state index in [9.17, 15) is 35.9 Å². The standard InChI is InChI=1S/C23H29ClF6N2O3/c1-4-35-21(34)13(2)11-15-5-6-17(24)18(12-15)31-20(33)19(14(3)22(25,26)27)32-9-7-16(8-10-32)23(28,29)30/h5-6,12-14,16,19H,4,7-11H2,1-3H3,(H,31,33)/t13-,14+,19+/m0/s1. The first-order valence-corrected chi connectivity index (χ1v) is 11.7. The fourth-order valence-corrected chi connectivity index (χ4v) is 4.28. The molecule has 1 aromatic rings. The minimum atomic E-state index is -4.75. The zero-order chi connectivity index (χ0) is 26.6. The van der Waals surface area contributed by atoms with Crippen LogP contribution in [0.5, 0.6) is 0 Å². The number of nitrogens with zero attached hydrogens (tertiary/aromatic N) is 1. The van der Waals surface area contributed by atoms with Crippen LogP contribution < -0.4 is 5.32 Å². The Balaban J connectivity index is 2.23. The van der Waals surface area contributed by atoms with Gasteiger partial charge in [0.05, 0.1) is 35.1 Å². The van der Waals surface area contributed by atoms with Gasteiger partial charge in [-0.15, -0.1) is 0 Å². The molecule has 1 aliphatic heterocycles. The van der Waals surface area contributed by atoms with Crippen molar-refractivity contribution >= 4 is 29.2 Å². The van der Waals surface area contributed by atoms with Crippen LogP contribution in [0.15, 0.2) is 18.2 Å². The van der Waals surface area contributed by atoms with Gasteiger partial charge in [0, 0.05) is 0 Å². The molecule has 0 spiro atoms. The maximum absolute atomic E-state index is 13.6. The van der Waals surface area contributed by atoms with E-state index in [-0.39, 0.29) is 49.7 Å². The van der Waals surface area contributed by atoms with Gasteiger partial charge < -0.3 is 10.1 Å². The number of nitrogens with one attached hydrogen (secondary N) is 1. The lowest BCUT2D eigenvalue weighted by atomic mass is 9.91. The predicted molar refractivity (Wildman–Crippen MR) is 119 cm³/mol. The van der Waals surface area contributed by atoms with Crippen molar-refractivity contribution in [1.82, 2.24) is 4.90 Å². The zero-order valence-corrected chi connectivity index (χ0v) is 20.4. The summed E-state index contributed by atoms with van der Waals surface area (Å²) in [6.45, 7) is 3.77. The summed E-state index contributed by atoms with van der Waals surface area (Å²) in [5.74, 6) is -5.69. The van der Waals surface area contributed by atoms with Crippen LogP contribution in [0.25, 0.3) is 0 Å². The molecule has 5 nitrogen and oxygen atoms in total. The SMILES string of the molecule is CCOC(=O)[C@@H](C)Cc1ccc(Cl)c(NC(=O)[C@@H]([C@@H](C)C(F)(F)F)N2CCC(C(F)(F)F)CC2)c1. The molecule has 198 valence electrons. The van der Waals surface area contributed by atoms with E-state index in [0.29, 0.717) is 5.56 Å². The van der Waals surface area contributed by atoms with Crippen molar-refractivity contribution in [2.24, 2.45) is 17.8 Å². The maximum Gasteiger partial charge on any atom is 0.393 e. The first-order chi connectivity index (χ1) is 16.1. The van der Waals surface area contributed by atoms with Gasteiger partial charge >= 0.3 is 18.3 Å². The normalized spacial score (nSPS) is 18.6. The highest BCUT2D eigenvalue weighted by Gasteiger charge is 2.49. The number of anilines is 1. The van der Waals surface area contributed by atoms with E-state index in [2.05, 4.69) is 5.32 Å². The van der Waals surface area contributed by atoms with Crippen LogP contribution in [0.1, 0.15) is 39.2 Å². The van der Waals surface area contributed by atoms with E-state index in [1.165, 1.54) is 12.1 Å². The molecule has 0 unspecified atom stereocenters. The molecule has 0 bridgehead atoms. The zero-order valence-electron chi connectivity index (χ0n) is 19.6. The Bertz CT molecular complexity index is 885. The monoisotopic (exact) mass is 530 g/mol. The minimum Gasteiger partial charge on any atom is -0.466 e. The number of esters is 1. The number of alkyl halides is 6. The molecule has 2 rings (SSSR count). The van der Waals surface area contributed by atoms with Crippen molar-refractivity contribution in [3.05, 3.63) is 28.8 Å². The number of amides is 1. The summed E-state index contributed by atoms with van der Waals surface area (Å²) < 4.78 is 84.7. The Morgan fingerprint density at radius 1 is 1.14 bits per heavy atom. The largest absolute Gasteiger partial charge is 0.466 e. The topological polar surface area (TPSA) is 58.6 Å². The van der Waals surface area contributed by atoms with Gasteiger partial charge in [-0.1, -0.05) is 31.5 Å². The average Bonchev–Trinajstić information content (AvgIpc) is 2.75. The van der Waals surface area contributed by atoms with Crippen LogP contribution in [0.3, 0.4) is 0 Å². The number of carbonyl (C=O) groups is 2. The van der Waals surface area contributed by atoms with Gasteiger partial charge in [-0.05, 0) is 57.0 Å². The lowest BCUT2D eigenvalue weighted by Crippen LogP contribution is -2.55. The van der Waals surface area contributed by atoms with Gasteiger partial charge in [0.1, 0.15) is 6.04 Å². The number of benzene rings is 1. The van der Waals surface area contributed by atoms with Crippen molar-refractivity contribution in [3.8, 4) is 0 Å². The van der Waals surface area contributed by atoms with Crippen LogP contribution in [0, 0.1) is 17.8 Å². The fourth-order valence-electron chi connectivity index (χ4n) is 4.12. The Hall–Kier alpha value is -2.01. The molecule has 1 N–H and O–H groups in total. The van der Waals surface area contributed by atoms with Crippen molar-refractivity contribution in [1.29, 1.82) is 0 Å². The number of hydrogen-bond donors (Lipinski definition) is 1. The number of ether oxygens (including phenoxy) is 1. The highest BCUT2D eigenvalue weighted by atomic mass is 35.5. The predicted octanol–water partition coefficient (Wildman–Crippen LogP) is 5.86. The van der Waals surface area contributed by atoms with E-state index < -0.39 is 48.0 Å². The minimum absolute atomic E-state index is 0.0507. The van der Waals surface area contributed by atoms with Gasteiger partial charge in [0.15, 0.2) is 0 Å². The van der Waals surface area contributed by atoms with E-state index in [4.69, 9.17) is 16.3 Å². The second-order valence-electron chi connectivity index (χ2n) is 8.79. The van der Waals surface area contributed by atoms with Crippen LogP contribution >= 0.6 is 11.6 Å². The molecule has 1 aromatic carbocycles. The number of piperidine rings is 1. The van der Waals surface area contributed by atoms with E-state index in [0.717, 1.165) is 11.8 Å². The first-order valence-electron chi connectivity index (χ1n) is 11.3. The number of likely N-dealkylation sites (tertiary alicyclic amines) is 1. The van der Waals surface area contributed by atoms with Gasteiger partial charge in [-0.3, -0.25) is 14.5 Å². The number of hydrogen-bond acceptors (Lipinski definition) is 4. The van der Waals surface area contributed by atoms with Crippen molar-refractivity contribution in [2.75, 3.05) is 25.0 Å². The molecular formula is C23H29ClF6N2O3. The quantitative estimate of drug-likeness (QED) is 0.338. The molecular weight excluding hydrogens is 502 g/mol. The average molecular weight is 531 g/mol. The van der Waals surface area contributed by atoms with E-state index in [1.54, 1.807) is 19.9 Å². The van der Waals surface area contributed by atoms with E-state index >= 15 is 0 Å². The summed E-state index contributed by atoms with van der Waals surface area (Å²) in [5, 5.41) is 2.49. The van der Waals surface area contributed by atoms with Crippen LogP contribution in [-0.4, -0.2) is 54.9 Å². The lowest BCUT2D eigenvalue weighted by molar-refractivity contribution is -0.200. The maximum atomic E-state index is 13.6. The Morgan fingerprint density at radius 3 is 2.26 bits per heavy atom. The molecule has 0 aliphatic carbocycles. The third-order valence-electron chi connectivity index (χ3n) is 6.16. The Morgan fingerprint density at radius 2 is 1.74 bits per heavy atom. The summed E-state index contributed by atoms with van der Waals surface area (Å²) in [4.78, 5) is 26.1. The first kappa shape index (κ1) is 29.2. The molecule has 0 radical (unpaired) electrons. The van der Waals surface area contributed by atoms with Gasteiger partial charge in [0.2, 0.25) is 5.91 Å². The molecule has 1 saturated heterocycles. The number of rotatable bonds is 8. The molecule has 1 fully saturated rings. The van der Waals surface area contributed by atoms with Crippen molar-refractivity contribution in [3.63, 3.8) is 0 Å². The summed E-state index contributed by atoms with van der Waals surface area (Å²) in [5.41, 5.74) is 0.645. The molecule has 1 aliphatic rings. The van der Waals surface area contributed by atoms with Gasteiger partial charge in [-0.2, -0.15) is 26.3 Å². The lowest BCUT2D eigenvalue weighted by Gasteiger charge is -2.40. The van der Waals surface area contributed by atoms with Crippen LogP contribution in [0.4, 0.5) is 32.0 Å². The molecule has 35 heavy (non-hydrogen) atoms. The molecule has 0 saturated carbocycles. The van der Waals surface area contributed by atoms with Crippen LogP contribution in [0.2, 0.25) is 5.02 Å². The molecule has 3 atom stereocenters. The second-order valence-corrected chi connectivity index (χ2v) is 9.19. The van der Waals surface area contributed by atoms with Crippen molar-refractivity contribution in [2.45, 2.75) is 58.4 Å². The summed E-state index contributed by atoms with van der Waals surface area (Å²) in [6, 6.07) is 2.79. The van der Waals surface area contributed by atoms with E-state index in [1.807, 2.05) is 0 Å². The third-order valence-corrected chi connectivity index (χ3v) is 6.49. The fraction of sp³-hybridized carbons (Fsp3) is 0.652. The number of halogens is 7. The summed E-state index contributed by atoms with van der Waals surface area (Å²) in [6.07, 6.45) is -9.72. The highest BCUT2D eigenvalue weighted by molar-refractivity contribution is 6.33. The van der Waals surface area contributed by atoms with Crippen molar-refractivity contribution < 1.29 is 40.7 Å². The smallest absolute Gasteiger partial charge is 0.393 e. The number of carbonyl (C=O) groups excluding carboxylic acids is 2. The van der Waals surface area contributed by atoms with Gasteiger partial charge in [-0.25, -0.2) is 0 Å². The molecule has 0 aromatic heterocycles. The van der Waals surface area contributed by atoms with Crippen LogP contribution in [-0.2, 0) is 20.7 Å². The second kappa shape index (κ2) is 11.8. The summed E-state index contributed by atoms with van der Waals surface area (Å²) >= 11 is 6.15. The molecule has 1 amide bonds. The molecule has 12 heteroatoms. The van der Waals surface area contributed by atoms with Gasteiger partial charge in [0.25, 0.3) is 0 Å². The Labute approximate surface area is 205 Å². The third kappa shape index (κ3) is 7.99. The Kier molecular flexibility index (Phi) is 9.87.